The summed E-state index contributed by atoms with van der Waals surface area (Å²) in [4.78, 5) is 0. The SMILES string of the molecule is CCC(CC(C)O)C(F)(F)F. The Hall–Kier alpha value is -0.250. The van der Waals surface area contributed by atoms with Crippen molar-refractivity contribution in [3.63, 3.8) is 0 Å². The van der Waals surface area contributed by atoms with Crippen LogP contribution in [-0.2, 0) is 0 Å². The van der Waals surface area contributed by atoms with E-state index < -0.39 is 18.2 Å². The lowest BCUT2D eigenvalue weighted by molar-refractivity contribution is -0.182. The largest absolute Gasteiger partial charge is 0.393 e. The van der Waals surface area contributed by atoms with Crippen molar-refractivity contribution in [2.75, 3.05) is 0 Å². The van der Waals surface area contributed by atoms with Gasteiger partial charge in [0, 0.05) is 0 Å². The van der Waals surface area contributed by atoms with E-state index in [0.717, 1.165) is 0 Å². The van der Waals surface area contributed by atoms with E-state index in [2.05, 4.69) is 0 Å². The van der Waals surface area contributed by atoms with Gasteiger partial charge in [0.1, 0.15) is 0 Å². The molecule has 0 spiro atoms. The van der Waals surface area contributed by atoms with Gasteiger partial charge in [-0.15, -0.1) is 0 Å². The Morgan fingerprint density at radius 2 is 1.82 bits per heavy atom. The summed E-state index contributed by atoms with van der Waals surface area (Å²) < 4.78 is 35.9. The molecular weight excluding hydrogens is 157 g/mol. The van der Waals surface area contributed by atoms with Crippen LogP contribution in [0.3, 0.4) is 0 Å². The summed E-state index contributed by atoms with van der Waals surface area (Å²) in [5.41, 5.74) is 0. The molecule has 4 heteroatoms. The Morgan fingerprint density at radius 3 is 1.91 bits per heavy atom. The first-order chi connectivity index (χ1) is 4.88. The number of halogens is 3. The van der Waals surface area contributed by atoms with Gasteiger partial charge in [0.25, 0.3) is 0 Å². The average molecular weight is 170 g/mol. The molecule has 0 saturated carbocycles. The standard InChI is InChI=1S/C7H13F3O/c1-3-6(4-5(2)11)7(8,9)10/h5-6,11H,3-4H2,1-2H3. The molecule has 0 aromatic heterocycles. The third-order valence-electron chi connectivity index (χ3n) is 1.58. The smallest absolute Gasteiger partial charge is 0.391 e. The number of aliphatic hydroxyl groups excluding tert-OH is 1. The monoisotopic (exact) mass is 170 g/mol. The molecule has 0 aliphatic heterocycles. The van der Waals surface area contributed by atoms with Gasteiger partial charge in [-0.3, -0.25) is 0 Å². The lowest BCUT2D eigenvalue weighted by Gasteiger charge is -2.19. The van der Waals surface area contributed by atoms with E-state index in [1.807, 2.05) is 0 Å². The molecule has 68 valence electrons. The van der Waals surface area contributed by atoms with Crippen molar-refractivity contribution in [3.05, 3.63) is 0 Å². The Balaban J connectivity index is 3.96. The number of hydrogen-bond donors (Lipinski definition) is 1. The lowest BCUT2D eigenvalue weighted by atomic mass is 9.99. The van der Waals surface area contributed by atoms with Crippen molar-refractivity contribution in [1.82, 2.24) is 0 Å². The summed E-state index contributed by atoms with van der Waals surface area (Å²) in [5.74, 6) is -1.36. The van der Waals surface area contributed by atoms with E-state index in [-0.39, 0.29) is 12.8 Å². The fraction of sp³-hybridized carbons (Fsp3) is 1.00. The molecule has 1 N–H and O–H groups in total. The molecule has 2 unspecified atom stereocenters. The van der Waals surface area contributed by atoms with Gasteiger partial charge in [-0.2, -0.15) is 13.2 Å². The molecule has 11 heavy (non-hydrogen) atoms. The molecule has 0 aliphatic rings. The van der Waals surface area contributed by atoms with Crippen LogP contribution in [0.1, 0.15) is 26.7 Å². The van der Waals surface area contributed by atoms with E-state index in [0.29, 0.717) is 0 Å². The highest BCUT2D eigenvalue weighted by molar-refractivity contribution is 4.68. The van der Waals surface area contributed by atoms with Gasteiger partial charge in [-0.1, -0.05) is 6.92 Å². The number of hydrogen-bond acceptors (Lipinski definition) is 1. The van der Waals surface area contributed by atoms with Gasteiger partial charge in [-0.25, -0.2) is 0 Å². The zero-order valence-electron chi connectivity index (χ0n) is 6.65. The van der Waals surface area contributed by atoms with Crippen molar-refractivity contribution in [1.29, 1.82) is 0 Å². The second-order valence-corrected chi connectivity index (χ2v) is 2.73. The number of alkyl halides is 3. The van der Waals surface area contributed by atoms with Gasteiger partial charge in [0.05, 0.1) is 12.0 Å². The maximum absolute atomic E-state index is 12.0. The van der Waals surface area contributed by atoms with Crippen LogP contribution in [0.15, 0.2) is 0 Å². The normalized spacial score (nSPS) is 18.0. The highest BCUT2D eigenvalue weighted by Crippen LogP contribution is 2.31. The van der Waals surface area contributed by atoms with Crippen molar-refractivity contribution in [3.8, 4) is 0 Å². The molecule has 0 saturated heterocycles. The zero-order valence-corrected chi connectivity index (χ0v) is 6.65. The Kier molecular flexibility index (Phi) is 3.86. The molecule has 0 aromatic carbocycles. The molecule has 0 aliphatic carbocycles. The van der Waals surface area contributed by atoms with Crippen LogP contribution in [0.5, 0.6) is 0 Å². The van der Waals surface area contributed by atoms with Crippen LogP contribution in [0, 0.1) is 5.92 Å². The first kappa shape index (κ1) is 10.8. The van der Waals surface area contributed by atoms with Gasteiger partial charge in [-0.05, 0) is 19.8 Å². The number of aliphatic hydroxyl groups is 1. The van der Waals surface area contributed by atoms with Gasteiger partial charge >= 0.3 is 6.18 Å². The van der Waals surface area contributed by atoms with Crippen molar-refractivity contribution >= 4 is 0 Å². The summed E-state index contributed by atoms with van der Waals surface area (Å²) in [6.07, 6.45) is -5.19. The zero-order chi connectivity index (χ0) is 9.07. The fourth-order valence-corrected chi connectivity index (χ4v) is 0.944. The number of rotatable bonds is 3. The van der Waals surface area contributed by atoms with E-state index in [1.165, 1.54) is 13.8 Å². The van der Waals surface area contributed by atoms with Crippen molar-refractivity contribution in [2.24, 2.45) is 5.92 Å². The quantitative estimate of drug-likeness (QED) is 0.689. The maximum atomic E-state index is 12.0. The van der Waals surface area contributed by atoms with Crippen LogP contribution >= 0.6 is 0 Å². The van der Waals surface area contributed by atoms with E-state index in [1.54, 1.807) is 0 Å². The van der Waals surface area contributed by atoms with Crippen LogP contribution in [-0.4, -0.2) is 17.4 Å². The molecule has 0 rings (SSSR count). The second-order valence-electron chi connectivity index (χ2n) is 2.73. The summed E-state index contributed by atoms with van der Waals surface area (Å²) in [6.45, 7) is 2.84. The first-order valence-electron chi connectivity index (χ1n) is 3.62. The van der Waals surface area contributed by atoms with Gasteiger partial charge in [0.15, 0.2) is 0 Å². The van der Waals surface area contributed by atoms with Crippen LogP contribution in [0.4, 0.5) is 13.2 Å². The predicted molar refractivity (Wildman–Crippen MR) is 36.1 cm³/mol. The topological polar surface area (TPSA) is 20.2 Å². The molecule has 1 nitrogen and oxygen atoms in total. The Morgan fingerprint density at radius 1 is 1.36 bits per heavy atom. The minimum atomic E-state index is -4.16. The molecule has 0 bridgehead atoms. The molecule has 0 amide bonds. The Bertz CT molecular complexity index is 109. The molecule has 2 atom stereocenters. The van der Waals surface area contributed by atoms with Crippen LogP contribution in [0.25, 0.3) is 0 Å². The lowest BCUT2D eigenvalue weighted by Crippen LogP contribution is -2.25. The summed E-state index contributed by atoms with van der Waals surface area (Å²) in [6, 6.07) is 0. The highest BCUT2D eigenvalue weighted by Gasteiger charge is 2.38. The van der Waals surface area contributed by atoms with E-state index >= 15 is 0 Å². The van der Waals surface area contributed by atoms with Crippen LogP contribution in [0.2, 0.25) is 0 Å². The summed E-state index contributed by atoms with van der Waals surface area (Å²) in [5, 5.41) is 8.72. The average Bonchev–Trinajstić information content (AvgIpc) is 1.79. The summed E-state index contributed by atoms with van der Waals surface area (Å²) in [7, 11) is 0. The maximum Gasteiger partial charge on any atom is 0.391 e. The van der Waals surface area contributed by atoms with E-state index in [4.69, 9.17) is 5.11 Å². The predicted octanol–water partition coefficient (Wildman–Crippen LogP) is 2.35. The van der Waals surface area contributed by atoms with Crippen molar-refractivity contribution < 1.29 is 18.3 Å². The van der Waals surface area contributed by atoms with Gasteiger partial charge < -0.3 is 5.11 Å². The van der Waals surface area contributed by atoms with Crippen molar-refractivity contribution in [2.45, 2.75) is 39.0 Å². The minimum absolute atomic E-state index is 0.0361. The molecule has 0 fully saturated rings. The third-order valence-corrected chi connectivity index (χ3v) is 1.58. The fourth-order valence-electron chi connectivity index (χ4n) is 0.944. The molecule has 0 heterocycles. The Labute approximate surface area is 64.2 Å². The first-order valence-corrected chi connectivity index (χ1v) is 3.62. The van der Waals surface area contributed by atoms with E-state index in [9.17, 15) is 13.2 Å². The third kappa shape index (κ3) is 4.24. The molecular formula is C7H13F3O. The highest BCUT2D eigenvalue weighted by atomic mass is 19.4. The second kappa shape index (κ2) is 3.95. The molecule has 0 radical (unpaired) electrons. The summed E-state index contributed by atoms with van der Waals surface area (Å²) >= 11 is 0. The minimum Gasteiger partial charge on any atom is -0.393 e. The molecule has 0 aromatic rings. The van der Waals surface area contributed by atoms with Gasteiger partial charge in [0.2, 0.25) is 0 Å². The van der Waals surface area contributed by atoms with Crippen LogP contribution < -0.4 is 0 Å².